The Morgan fingerprint density at radius 2 is 2.04 bits per heavy atom. The Kier molecular flexibility index (Phi) is 5.86. The number of hydrogen-bond donors (Lipinski definition) is 1. The summed E-state index contributed by atoms with van der Waals surface area (Å²) in [6, 6.07) is 1.82. The van der Waals surface area contributed by atoms with Crippen molar-refractivity contribution in [2.75, 3.05) is 40.3 Å². The molecule has 2 aliphatic heterocycles. The van der Waals surface area contributed by atoms with E-state index >= 15 is 0 Å². The van der Waals surface area contributed by atoms with Crippen LogP contribution >= 0.6 is 0 Å². The van der Waals surface area contributed by atoms with Crippen LogP contribution in [-0.4, -0.2) is 77.3 Å². The molecule has 0 saturated carbocycles. The second-order valence-electron chi connectivity index (χ2n) is 8.32. The lowest BCUT2D eigenvalue weighted by Gasteiger charge is -2.43. The third kappa shape index (κ3) is 4.68. The molecule has 27 heavy (non-hydrogen) atoms. The summed E-state index contributed by atoms with van der Waals surface area (Å²) in [4.78, 5) is 27.9. The van der Waals surface area contributed by atoms with Crippen molar-refractivity contribution in [3.8, 4) is 0 Å². The van der Waals surface area contributed by atoms with Gasteiger partial charge in [-0.1, -0.05) is 13.8 Å². The van der Waals surface area contributed by atoms with Crippen molar-refractivity contribution in [1.29, 1.82) is 0 Å². The van der Waals surface area contributed by atoms with Gasteiger partial charge in [0.15, 0.2) is 5.69 Å². The van der Waals surface area contributed by atoms with Crippen molar-refractivity contribution in [2.24, 2.45) is 5.92 Å². The number of likely N-dealkylation sites (tertiary alicyclic amines) is 1. The number of nitrogens with zero attached hydrogens (tertiary/aromatic N) is 4. The molecule has 8 nitrogen and oxygen atoms in total. The van der Waals surface area contributed by atoms with Gasteiger partial charge in [-0.05, 0) is 24.8 Å². The van der Waals surface area contributed by atoms with Gasteiger partial charge in [0.2, 0.25) is 5.91 Å². The van der Waals surface area contributed by atoms with Crippen LogP contribution in [0.5, 0.6) is 0 Å². The van der Waals surface area contributed by atoms with E-state index in [1.807, 2.05) is 10.7 Å². The molecule has 1 spiro atoms. The number of ether oxygens (including phenoxy) is 1. The number of carbonyl (C=O) groups is 2. The monoisotopic (exact) mass is 377 g/mol. The van der Waals surface area contributed by atoms with Gasteiger partial charge in [-0.3, -0.25) is 19.2 Å². The second kappa shape index (κ2) is 7.98. The molecule has 1 fully saturated rings. The number of carbonyl (C=O) groups excluding carboxylic acids is 2. The lowest BCUT2D eigenvalue weighted by molar-refractivity contribution is -0.132. The summed E-state index contributed by atoms with van der Waals surface area (Å²) < 4.78 is 8.13. The van der Waals surface area contributed by atoms with Crippen molar-refractivity contribution < 1.29 is 14.3 Å². The van der Waals surface area contributed by atoms with Gasteiger partial charge in [0, 0.05) is 33.7 Å². The fourth-order valence-corrected chi connectivity index (χ4v) is 3.59. The summed E-state index contributed by atoms with van der Waals surface area (Å²) >= 11 is 0. The predicted molar refractivity (Wildman–Crippen MR) is 101 cm³/mol. The van der Waals surface area contributed by atoms with Gasteiger partial charge >= 0.3 is 0 Å². The van der Waals surface area contributed by atoms with Gasteiger partial charge in [-0.2, -0.15) is 5.10 Å². The zero-order valence-electron chi connectivity index (χ0n) is 16.8. The van der Waals surface area contributed by atoms with E-state index in [9.17, 15) is 9.59 Å². The molecule has 3 heterocycles. The zero-order valence-corrected chi connectivity index (χ0v) is 16.8. The van der Waals surface area contributed by atoms with E-state index in [4.69, 9.17) is 4.74 Å². The number of aromatic nitrogens is 2. The SMILES string of the molecule is CC(C)CNC(=O)CN1CCC2(CC1)Cn1nc(C(=O)N(C)C)cc1CO2. The lowest BCUT2D eigenvalue weighted by atomic mass is 9.90. The molecule has 1 N–H and O–H groups in total. The van der Waals surface area contributed by atoms with E-state index in [-0.39, 0.29) is 17.4 Å². The van der Waals surface area contributed by atoms with Crippen molar-refractivity contribution in [1.82, 2.24) is 24.9 Å². The molecular formula is C19H31N5O3. The number of amides is 2. The lowest BCUT2D eigenvalue weighted by Crippen LogP contribution is -2.52. The highest BCUT2D eigenvalue weighted by Crippen LogP contribution is 2.33. The van der Waals surface area contributed by atoms with Crippen molar-refractivity contribution >= 4 is 11.8 Å². The Bertz CT molecular complexity index is 690. The largest absolute Gasteiger partial charge is 0.367 e. The second-order valence-corrected chi connectivity index (χ2v) is 8.32. The Labute approximate surface area is 160 Å². The van der Waals surface area contributed by atoms with Crippen molar-refractivity contribution in [3.05, 3.63) is 17.5 Å². The summed E-state index contributed by atoms with van der Waals surface area (Å²) in [5.41, 5.74) is 1.17. The molecule has 150 valence electrons. The van der Waals surface area contributed by atoms with Crippen LogP contribution < -0.4 is 5.32 Å². The molecule has 0 unspecified atom stereocenters. The normalized spacial score (nSPS) is 19.1. The Balaban J connectivity index is 1.55. The fraction of sp³-hybridized carbons (Fsp3) is 0.737. The van der Waals surface area contributed by atoms with Crippen molar-refractivity contribution in [2.45, 2.75) is 45.4 Å². The average molecular weight is 377 g/mol. The van der Waals surface area contributed by atoms with Gasteiger partial charge in [-0.25, -0.2) is 0 Å². The maximum absolute atomic E-state index is 12.1. The first-order chi connectivity index (χ1) is 12.8. The summed E-state index contributed by atoms with van der Waals surface area (Å²) in [5.74, 6) is 0.459. The smallest absolute Gasteiger partial charge is 0.273 e. The van der Waals surface area contributed by atoms with Crippen LogP contribution in [0.1, 0.15) is 42.9 Å². The topological polar surface area (TPSA) is 79.7 Å². The van der Waals surface area contributed by atoms with E-state index in [0.717, 1.165) is 38.2 Å². The number of hydrogen-bond acceptors (Lipinski definition) is 5. The van der Waals surface area contributed by atoms with Crippen LogP contribution in [0.25, 0.3) is 0 Å². The third-order valence-corrected chi connectivity index (χ3v) is 5.29. The number of rotatable bonds is 5. The minimum Gasteiger partial charge on any atom is -0.367 e. The molecule has 0 aromatic carbocycles. The van der Waals surface area contributed by atoms with Crippen LogP contribution in [0.15, 0.2) is 6.07 Å². The van der Waals surface area contributed by atoms with Crippen LogP contribution in [0.4, 0.5) is 0 Å². The molecule has 0 atom stereocenters. The maximum atomic E-state index is 12.1. The number of piperidine rings is 1. The average Bonchev–Trinajstić information content (AvgIpc) is 3.04. The Hall–Kier alpha value is -1.93. The summed E-state index contributed by atoms with van der Waals surface area (Å²) in [5, 5.41) is 7.47. The molecule has 8 heteroatoms. The fourth-order valence-electron chi connectivity index (χ4n) is 3.59. The summed E-state index contributed by atoms with van der Waals surface area (Å²) in [6.07, 6.45) is 1.72. The molecule has 1 aromatic rings. The van der Waals surface area contributed by atoms with Gasteiger partial charge in [0.05, 0.1) is 31.0 Å². The minimum atomic E-state index is -0.248. The molecule has 0 bridgehead atoms. The minimum absolute atomic E-state index is 0.0883. The molecule has 3 rings (SSSR count). The van der Waals surface area contributed by atoms with Crippen LogP contribution in [0.2, 0.25) is 0 Å². The van der Waals surface area contributed by atoms with Gasteiger partial charge in [0.25, 0.3) is 5.91 Å². The molecule has 1 aromatic heterocycles. The maximum Gasteiger partial charge on any atom is 0.273 e. The van der Waals surface area contributed by atoms with Crippen LogP contribution in [0, 0.1) is 5.92 Å². The zero-order chi connectivity index (χ0) is 19.6. The highest BCUT2D eigenvalue weighted by atomic mass is 16.5. The Morgan fingerprint density at radius 1 is 1.33 bits per heavy atom. The van der Waals surface area contributed by atoms with Crippen LogP contribution in [0.3, 0.4) is 0 Å². The summed E-state index contributed by atoms with van der Waals surface area (Å²) in [6.45, 7) is 8.13. The van der Waals surface area contributed by atoms with Gasteiger partial charge < -0.3 is 15.0 Å². The number of nitrogens with one attached hydrogen (secondary N) is 1. The predicted octanol–water partition coefficient (Wildman–Crippen LogP) is 0.722. The molecule has 1 saturated heterocycles. The third-order valence-electron chi connectivity index (χ3n) is 5.29. The van der Waals surface area contributed by atoms with E-state index in [2.05, 4.69) is 29.2 Å². The standard InChI is InChI=1S/C19H31N5O3/c1-14(2)10-20-17(25)11-23-7-5-19(6-8-23)13-24-15(12-27-19)9-16(21-24)18(26)22(3)4/h9,14H,5-8,10-13H2,1-4H3,(H,20,25). The van der Waals surface area contributed by atoms with E-state index in [1.165, 1.54) is 4.90 Å². The highest BCUT2D eigenvalue weighted by Gasteiger charge is 2.40. The first-order valence-corrected chi connectivity index (χ1v) is 9.69. The molecular weight excluding hydrogens is 346 g/mol. The Morgan fingerprint density at radius 3 is 2.67 bits per heavy atom. The first-order valence-electron chi connectivity index (χ1n) is 9.69. The first kappa shape index (κ1) is 19.8. The quantitative estimate of drug-likeness (QED) is 0.818. The van der Waals surface area contributed by atoms with E-state index in [0.29, 0.717) is 31.3 Å². The van der Waals surface area contributed by atoms with Gasteiger partial charge in [-0.15, -0.1) is 0 Å². The molecule has 2 amide bonds. The van der Waals surface area contributed by atoms with E-state index in [1.54, 1.807) is 14.1 Å². The number of fused-ring (bicyclic) bond motifs is 1. The molecule has 0 radical (unpaired) electrons. The highest BCUT2D eigenvalue weighted by molar-refractivity contribution is 5.92. The molecule has 2 aliphatic rings. The van der Waals surface area contributed by atoms with Gasteiger partial charge in [0.1, 0.15) is 0 Å². The van der Waals surface area contributed by atoms with E-state index < -0.39 is 0 Å². The molecule has 0 aliphatic carbocycles. The van der Waals surface area contributed by atoms with Crippen molar-refractivity contribution in [3.63, 3.8) is 0 Å². The summed E-state index contributed by atoms with van der Waals surface area (Å²) in [7, 11) is 3.46. The van der Waals surface area contributed by atoms with Crippen LogP contribution in [-0.2, 0) is 22.7 Å².